The third-order valence-corrected chi connectivity index (χ3v) is 3.35. The number of hydrogen-bond acceptors (Lipinski definition) is 4. The molecule has 3 rings (SSSR count). The van der Waals surface area contributed by atoms with Gasteiger partial charge < -0.3 is 14.5 Å². The molecule has 24 heavy (non-hydrogen) atoms. The summed E-state index contributed by atoms with van der Waals surface area (Å²) in [5.74, 6) is 0.651. The lowest BCUT2D eigenvalue weighted by Gasteiger charge is -2.08. The van der Waals surface area contributed by atoms with Crippen molar-refractivity contribution in [2.24, 2.45) is 0 Å². The van der Waals surface area contributed by atoms with Gasteiger partial charge in [-0.05, 0) is 54.1 Å². The maximum atomic E-state index is 11.9. The molecule has 0 saturated heterocycles. The molecule has 0 atom stereocenters. The Hall–Kier alpha value is -3.52. The smallest absolute Gasteiger partial charge is 0.291 e. The maximum absolute atomic E-state index is 11.9. The average Bonchev–Trinajstić information content (AvgIpc) is 3.16. The molecule has 1 heterocycles. The van der Waals surface area contributed by atoms with Gasteiger partial charge in [0.2, 0.25) is 0 Å². The average molecular weight is 318 g/mol. The predicted molar refractivity (Wildman–Crippen MR) is 88.6 cm³/mol. The van der Waals surface area contributed by atoms with Gasteiger partial charge in [-0.2, -0.15) is 5.26 Å². The van der Waals surface area contributed by atoms with Crippen molar-refractivity contribution in [1.29, 1.82) is 5.26 Å². The number of nitrogens with one attached hydrogen (secondary N) is 1. The molecule has 0 spiro atoms. The molecule has 0 bridgehead atoms. The highest BCUT2D eigenvalue weighted by Crippen LogP contribution is 2.18. The second-order valence-electron chi connectivity index (χ2n) is 5.05. The van der Waals surface area contributed by atoms with Crippen LogP contribution in [0.5, 0.6) is 5.75 Å². The number of furan rings is 1. The van der Waals surface area contributed by atoms with Crippen LogP contribution in [-0.2, 0) is 6.61 Å². The van der Waals surface area contributed by atoms with Gasteiger partial charge in [-0.25, -0.2) is 0 Å². The third-order valence-electron chi connectivity index (χ3n) is 3.35. The Kier molecular flexibility index (Phi) is 4.59. The number of nitrogens with zero attached hydrogens (tertiary/aromatic N) is 1. The molecule has 1 N–H and O–H groups in total. The van der Waals surface area contributed by atoms with Gasteiger partial charge in [-0.3, -0.25) is 4.79 Å². The maximum Gasteiger partial charge on any atom is 0.291 e. The summed E-state index contributed by atoms with van der Waals surface area (Å²) in [6.07, 6.45) is 1.45. The first-order chi connectivity index (χ1) is 11.7. The van der Waals surface area contributed by atoms with Gasteiger partial charge in [0, 0.05) is 5.69 Å². The molecular formula is C19H14N2O3. The van der Waals surface area contributed by atoms with Gasteiger partial charge in [-0.1, -0.05) is 12.1 Å². The number of benzene rings is 2. The van der Waals surface area contributed by atoms with Crippen molar-refractivity contribution in [2.75, 3.05) is 5.32 Å². The van der Waals surface area contributed by atoms with Gasteiger partial charge in [0.15, 0.2) is 5.76 Å². The van der Waals surface area contributed by atoms with Crippen LogP contribution in [-0.4, -0.2) is 5.91 Å². The summed E-state index contributed by atoms with van der Waals surface area (Å²) < 4.78 is 10.7. The fraction of sp³-hybridized carbons (Fsp3) is 0.0526. The van der Waals surface area contributed by atoms with Crippen molar-refractivity contribution in [3.63, 3.8) is 0 Å². The molecule has 0 aliphatic heterocycles. The normalized spacial score (nSPS) is 9.96. The largest absolute Gasteiger partial charge is 0.489 e. The van der Waals surface area contributed by atoms with Crippen LogP contribution in [0, 0.1) is 11.3 Å². The van der Waals surface area contributed by atoms with E-state index in [1.165, 1.54) is 6.26 Å². The lowest BCUT2D eigenvalue weighted by atomic mass is 10.1. The molecule has 118 valence electrons. The lowest BCUT2D eigenvalue weighted by molar-refractivity contribution is 0.0996. The standard InChI is InChI=1S/C19H14N2O3/c20-12-14-3-5-15(6-4-14)13-24-17-9-7-16(8-10-17)21-19(22)18-2-1-11-23-18/h1-11H,13H2,(H,21,22). The number of carbonyl (C=O) groups is 1. The Morgan fingerprint density at radius 2 is 1.83 bits per heavy atom. The quantitative estimate of drug-likeness (QED) is 0.772. The van der Waals surface area contributed by atoms with E-state index in [-0.39, 0.29) is 11.7 Å². The van der Waals surface area contributed by atoms with Crippen LogP contribution >= 0.6 is 0 Å². The summed E-state index contributed by atoms with van der Waals surface area (Å²) in [7, 11) is 0. The summed E-state index contributed by atoms with van der Waals surface area (Å²) in [5, 5.41) is 11.5. The van der Waals surface area contributed by atoms with Gasteiger partial charge in [0.1, 0.15) is 12.4 Å². The van der Waals surface area contributed by atoms with Crippen LogP contribution in [0.25, 0.3) is 0 Å². The van der Waals surface area contributed by atoms with Gasteiger partial charge in [-0.15, -0.1) is 0 Å². The Bertz CT molecular complexity index is 845. The number of nitriles is 1. The molecule has 5 nitrogen and oxygen atoms in total. The first-order valence-corrected chi connectivity index (χ1v) is 7.31. The van der Waals surface area contributed by atoms with E-state index in [0.29, 0.717) is 23.6 Å². The first-order valence-electron chi connectivity index (χ1n) is 7.31. The SMILES string of the molecule is N#Cc1ccc(COc2ccc(NC(=O)c3ccco3)cc2)cc1. The van der Waals surface area contributed by atoms with E-state index in [2.05, 4.69) is 11.4 Å². The number of carbonyl (C=O) groups excluding carboxylic acids is 1. The van der Waals surface area contributed by atoms with Crippen molar-refractivity contribution < 1.29 is 13.9 Å². The molecular weight excluding hydrogens is 304 g/mol. The number of hydrogen-bond donors (Lipinski definition) is 1. The summed E-state index contributed by atoms with van der Waals surface area (Å²) in [5.41, 5.74) is 2.25. The van der Waals surface area contributed by atoms with Crippen LogP contribution in [0.2, 0.25) is 0 Å². The molecule has 0 fully saturated rings. The highest BCUT2D eigenvalue weighted by atomic mass is 16.5. The second kappa shape index (κ2) is 7.16. The van der Waals surface area contributed by atoms with Crippen molar-refractivity contribution in [1.82, 2.24) is 0 Å². The molecule has 5 heteroatoms. The van der Waals surface area contributed by atoms with Crippen molar-refractivity contribution in [2.45, 2.75) is 6.61 Å². The van der Waals surface area contributed by atoms with E-state index in [9.17, 15) is 4.79 Å². The fourth-order valence-corrected chi connectivity index (χ4v) is 2.08. The molecule has 0 aliphatic carbocycles. The van der Waals surface area contributed by atoms with Crippen LogP contribution < -0.4 is 10.1 Å². The monoisotopic (exact) mass is 318 g/mol. The molecule has 0 aliphatic rings. The van der Waals surface area contributed by atoms with E-state index in [0.717, 1.165) is 5.56 Å². The minimum absolute atomic E-state index is 0.260. The molecule has 0 unspecified atom stereocenters. The summed E-state index contributed by atoms with van der Waals surface area (Å²) in [6, 6.07) is 19.6. The first kappa shape index (κ1) is 15.4. The number of ether oxygens (including phenoxy) is 1. The zero-order chi connectivity index (χ0) is 16.8. The summed E-state index contributed by atoms with van der Waals surface area (Å²) in [6.45, 7) is 0.407. The highest BCUT2D eigenvalue weighted by molar-refractivity contribution is 6.02. The molecule has 3 aromatic rings. The molecule has 0 saturated carbocycles. The molecule has 2 aromatic carbocycles. The van der Waals surface area contributed by atoms with Crippen LogP contribution in [0.15, 0.2) is 71.3 Å². The van der Waals surface area contributed by atoms with E-state index < -0.39 is 0 Å². The third kappa shape index (κ3) is 3.81. The van der Waals surface area contributed by atoms with Crippen LogP contribution in [0.1, 0.15) is 21.7 Å². The van der Waals surface area contributed by atoms with Crippen LogP contribution in [0.3, 0.4) is 0 Å². The van der Waals surface area contributed by atoms with Gasteiger partial charge in [0.05, 0.1) is 17.9 Å². The topological polar surface area (TPSA) is 75.3 Å². The zero-order valence-corrected chi connectivity index (χ0v) is 12.7. The predicted octanol–water partition coefficient (Wildman–Crippen LogP) is 3.98. The zero-order valence-electron chi connectivity index (χ0n) is 12.7. The molecule has 0 radical (unpaired) electrons. The fourth-order valence-electron chi connectivity index (χ4n) is 2.08. The minimum Gasteiger partial charge on any atom is -0.489 e. The molecule has 1 aromatic heterocycles. The number of anilines is 1. The Morgan fingerprint density at radius 3 is 2.46 bits per heavy atom. The Morgan fingerprint density at radius 1 is 1.08 bits per heavy atom. The second-order valence-corrected chi connectivity index (χ2v) is 5.05. The van der Waals surface area contributed by atoms with Gasteiger partial charge in [0.25, 0.3) is 5.91 Å². The molecule has 1 amide bonds. The van der Waals surface area contributed by atoms with E-state index >= 15 is 0 Å². The minimum atomic E-state index is -0.300. The summed E-state index contributed by atoms with van der Waals surface area (Å²) >= 11 is 0. The van der Waals surface area contributed by atoms with Gasteiger partial charge >= 0.3 is 0 Å². The number of amides is 1. The lowest BCUT2D eigenvalue weighted by Crippen LogP contribution is -2.10. The number of rotatable bonds is 5. The Balaban J connectivity index is 1.56. The van der Waals surface area contributed by atoms with Crippen molar-refractivity contribution in [3.05, 3.63) is 83.8 Å². The van der Waals surface area contributed by atoms with Crippen molar-refractivity contribution in [3.8, 4) is 11.8 Å². The summed E-state index contributed by atoms with van der Waals surface area (Å²) in [4.78, 5) is 11.9. The van der Waals surface area contributed by atoms with E-state index in [1.54, 1.807) is 48.5 Å². The van der Waals surface area contributed by atoms with Crippen LogP contribution in [0.4, 0.5) is 5.69 Å². The Labute approximate surface area is 139 Å². The van der Waals surface area contributed by atoms with E-state index in [1.807, 2.05) is 12.1 Å². The van der Waals surface area contributed by atoms with E-state index in [4.69, 9.17) is 14.4 Å². The van der Waals surface area contributed by atoms with Crippen molar-refractivity contribution >= 4 is 11.6 Å². The highest BCUT2D eigenvalue weighted by Gasteiger charge is 2.08.